The summed E-state index contributed by atoms with van der Waals surface area (Å²) in [5, 5.41) is 4.81. The molecule has 1 aromatic carbocycles. The van der Waals surface area contributed by atoms with Crippen LogP contribution in [0.2, 0.25) is 5.15 Å². The molecule has 0 bridgehead atoms. The Labute approximate surface area is 97.7 Å². The number of halogens is 4. The zero-order valence-corrected chi connectivity index (χ0v) is 9.17. The maximum Gasteiger partial charge on any atom is 0.194 e. The number of nitrogens with one attached hydrogen (secondary N) is 1. The van der Waals surface area contributed by atoms with E-state index in [0.717, 1.165) is 12.1 Å². The molecule has 0 saturated carbocycles. The Kier molecular flexibility index (Phi) is 3.02. The fourth-order valence-corrected chi connectivity index (χ4v) is 1.92. The summed E-state index contributed by atoms with van der Waals surface area (Å²) in [5.74, 6) is -4.02. The van der Waals surface area contributed by atoms with Gasteiger partial charge in [-0.3, -0.25) is 0 Å². The first-order valence-corrected chi connectivity index (χ1v) is 5.34. The van der Waals surface area contributed by atoms with Crippen LogP contribution in [0.4, 0.5) is 24.0 Å². The van der Waals surface area contributed by atoms with Gasteiger partial charge in [-0.05, 0) is 0 Å². The average molecular weight is 265 g/mol. The zero-order valence-electron chi connectivity index (χ0n) is 7.60. The van der Waals surface area contributed by atoms with Crippen LogP contribution in [0.5, 0.6) is 0 Å². The molecule has 1 heterocycles. The number of hydrogen-bond donors (Lipinski definition) is 1. The molecule has 84 valence electrons. The number of aromatic nitrogens is 1. The Morgan fingerprint density at radius 3 is 2.31 bits per heavy atom. The van der Waals surface area contributed by atoms with E-state index in [2.05, 4.69) is 10.3 Å². The van der Waals surface area contributed by atoms with Crippen molar-refractivity contribution in [3.63, 3.8) is 0 Å². The lowest BCUT2D eigenvalue weighted by atomic mass is 10.3. The summed E-state index contributed by atoms with van der Waals surface area (Å²) < 4.78 is 38.3. The molecule has 0 atom stereocenters. The first-order valence-electron chi connectivity index (χ1n) is 4.09. The molecule has 0 spiro atoms. The number of benzene rings is 1. The van der Waals surface area contributed by atoms with Crippen molar-refractivity contribution in [2.45, 2.75) is 0 Å². The third-order valence-electron chi connectivity index (χ3n) is 1.71. The van der Waals surface area contributed by atoms with Crippen molar-refractivity contribution in [2.24, 2.45) is 0 Å². The first kappa shape index (κ1) is 11.2. The molecule has 2 nitrogen and oxygen atoms in total. The van der Waals surface area contributed by atoms with E-state index in [1.807, 2.05) is 0 Å². The second-order valence-electron chi connectivity index (χ2n) is 2.85. The topological polar surface area (TPSA) is 24.9 Å². The Hall–Kier alpha value is -1.27. The van der Waals surface area contributed by atoms with Gasteiger partial charge in [0.25, 0.3) is 0 Å². The fraction of sp³-hybridized carbons (Fsp3) is 0. The Morgan fingerprint density at radius 2 is 1.81 bits per heavy atom. The van der Waals surface area contributed by atoms with Gasteiger partial charge in [0.05, 0.1) is 0 Å². The molecule has 16 heavy (non-hydrogen) atoms. The van der Waals surface area contributed by atoms with Crippen molar-refractivity contribution >= 4 is 33.8 Å². The van der Waals surface area contributed by atoms with Crippen LogP contribution in [0.15, 0.2) is 17.5 Å². The van der Waals surface area contributed by atoms with Gasteiger partial charge in [0.1, 0.15) is 5.15 Å². The molecule has 1 N–H and O–H groups in total. The van der Waals surface area contributed by atoms with Crippen LogP contribution in [-0.4, -0.2) is 4.98 Å². The summed E-state index contributed by atoms with van der Waals surface area (Å²) in [6, 6.07) is 1.68. The molecule has 1 aromatic heterocycles. The monoisotopic (exact) mass is 264 g/mol. The van der Waals surface area contributed by atoms with Gasteiger partial charge in [-0.15, -0.1) is 11.3 Å². The van der Waals surface area contributed by atoms with Gasteiger partial charge >= 0.3 is 0 Å². The van der Waals surface area contributed by atoms with Crippen molar-refractivity contribution in [1.29, 1.82) is 0 Å². The van der Waals surface area contributed by atoms with Crippen LogP contribution < -0.4 is 5.32 Å². The standard InChI is InChI=1S/C9H4ClF3N2S/c10-7-3-16-9(15-7)14-4-1-5(11)8(13)6(12)2-4/h1-3H,(H,14,15). The molecular weight excluding hydrogens is 261 g/mol. The lowest BCUT2D eigenvalue weighted by molar-refractivity contribution is 0.448. The van der Waals surface area contributed by atoms with E-state index in [0.29, 0.717) is 5.13 Å². The van der Waals surface area contributed by atoms with Crippen LogP contribution in [0.3, 0.4) is 0 Å². The average Bonchev–Trinajstić information content (AvgIpc) is 2.60. The zero-order chi connectivity index (χ0) is 11.7. The minimum atomic E-state index is -1.50. The Bertz CT molecular complexity index is 506. The summed E-state index contributed by atoms with van der Waals surface area (Å²) in [5.41, 5.74) is 0.0717. The van der Waals surface area contributed by atoms with E-state index in [-0.39, 0.29) is 10.8 Å². The highest BCUT2D eigenvalue weighted by Gasteiger charge is 2.11. The third kappa shape index (κ3) is 2.28. The number of rotatable bonds is 2. The van der Waals surface area contributed by atoms with E-state index in [1.165, 1.54) is 11.3 Å². The van der Waals surface area contributed by atoms with Crippen molar-refractivity contribution in [1.82, 2.24) is 4.98 Å². The molecule has 2 aromatic rings. The molecule has 0 aliphatic heterocycles. The predicted molar refractivity (Wildman–Crippen MR) is 56.7 cm³/mol. The van der Waals surface area contributed by atoms with E-state index >= 15 is 0 Å². The van der Waals surface area contributed by atoms with Crippen LogP contribution in [-0.2, 0) is 0 Å². The maximum absolute atomic E-state index is 12.8. The largest absolute Gasteiger partial charge is 0.331 e. The van der Waals surface area contributed by atoms with Crippen LogP contribution >= 0.6 is 22.9 Å². The Morgan fingerprint density at radius 1 is 1.19 bits per heavy atom. The minimum absolute atomic E-state index is 0.0717. The highest BCUT2D eigenvalue weighted by atomic mass is 35.5. The molecule has 0 fully saturated rings. The highest BCUT2D eigenvalue weighted by molar-refractivity contribution is 7.14. The maximum atomic E-state index is 12.8. The molecule has 2 rings (SSSR count). The van der Waals surface area contributed by atoms with Crippen LogP contribution in [0.25, 0.3) is 0 Å². The minimum Gasteiger partial charge on any atom is -0.331 e. The molecule has 0 aliphatic rings. The fourth-order valence-electron chi connectivity index (χ4n) is 1.06. The normalized spacial score (nSPS) is 10.5. The lowest BCUT2D eigenvalue weighted by Crippen LogP contribution is -1.95. The molecular formula is C9H4ClF3N2S. The molecule has 7 heteroatoms. The molecule has 0 radical (unpaired) electrons. The lowest BCUT2D eigenvalue weighted by Gasteiger charge is -2.03. The Balaban J connectivity index is 2.28. The highest BCUT2D eigenvalue weighted by Crippen LogP contribution is 2.25. The van der Waals surface area contributed by atoms with E-state index in [4.69, 9.17) is 11.6 Å². The summed E-state index contributed by atoms with van der Waals surface area (Å²) in [4.78, 5) is 3.82. The van der Waals surface area contributed by atoms with Gasteiger partial charge in [-0.2, -0.15) is 0 Å². The van der Waals surface area contributed by atoms with E-state index in [9.17, 15) is 13.2 Å². The first-order chi connectivity index (χ1) is 7.56. The second kappa shape index (κ2) is 4.31. The van der Waals surface area contributed by atoms with Crippen LogP contribution in [0.1, 0.15) is 0 Å². The number of thiazole rings is 1. The van der Waals surface area contributed by atoms with E-state index in [1.54, 1.807) is 5.38 Å². The van der Waals surface area contributed by atoms with Crippen LogP contribution in [0, 0.1) is 17.5 Å². The third-order valence-corrected chi connectivity index (χ3v) is 2.79. The smallest absolute Gasteiger partial charge is 0.194 e. The van der Waals surface area contributed by atoms with Crippen molar-refractivity contribution < 1.29 is 13.2 Å². The van der Waals surface area contributed by atoms with Crippen molar-refractivity contribution in [2.75, 3.05) is 5.32 Å². The van der Waals surface area contributed by atoms with Gasteiger partial charge < -0.3 is 5.32 Å². The summed E-state index contributed by atoms with van der Waals surface area (Å²) >= 11 is 6.73. The van der Waals surface area contributed by atoms with E-state index < -0.39 is 17.5 Å². The van der Waals surface area contributed by atoms with Crippen molar-refractivity contribution in [3.05, 3.63) is 40.1 Å². The quantitative estimate of drug-likeness (QED) is 0.831. The van der Waals surface area contributed by atoms with Crippen molar-refractivity contribution in [3.8, 4) is 0 Å². The summed E-state index contributed by atoms with van der Waals surface area (Å²) in [6.45, 7) is 0. The SMILES string of the molecule is Fc1cc(Nc2nc(Cl)cs2)cc(F)c1F. The van der Waals surface area contributed by atoms with Gasteiger partial charge in [0.15, 0.2) is 22.6 Å². The second-order valence-corrected chi connectivity index (χ2v) is 4.10. The summed E-state index contributed by atoms with van der Waals surface area (Å²) in [7, 11) is 0. The number of anilines is 2. The van der Waals surface area contributed by atoms with Gasteiger partial charge in [-0.25, -0.2) is 18.2 Å². The number of hydrogen-bond acceptors (Lipinski definition) is 3. The van der Waals surface area contributed by atoms with Gasteiger partial charge in [-0.1, -0.05) is 11.6 Å². The molecule has 0 amide bonds. The molecule has 0 unspecified atom stereocenters. The van der Waals surface area contributed by atoms with Gasteiger partial charge in [0, 0.05) is 23.2 Å². The molecule has 0 saturated heterocycles. The predicted octanol–water partition coefficient (Wildman–Crippen LogP) is 3.96. The van der Waals surface area contributed by atoms with Gasteiger partial charge in [0.2, 0.25) is 0 Å². The number of nitrogens with zero attached hydrogens (tertiary/aromatic N) is 1. The summed E-state index contributed by atoms with van der Waals surface area (Å²) in [6.07, 6.45) is 0. The molecule has 0 aliphatic carbocycles.